The van der Waals surface area contributed by atoms with E-state index in [9.17, 15) is 4.79 Å². The third-order valence-corrected chi connectivity index (χ3v) is 2.35. The maximum Gasteiger partial charge on any atom is 0.308 e. The van der Waals surface area contributed by atoms with Gasteiger partial charge in [-0.25, -0.2) is 0 Å². The molecule has 2 N–H and O–H groups in total. The van der Waals surface area contributed by atoms with Crippen LogP contribution in [0.1, 0.15) is 19.3 Å². The quantitative estimate of drug-likeness (QED) is 0.680. The Bertz CT molecular complexity index is 146. The van der Waals surface area contributed by atoms with Gasteiger partial charge in [0.05, 0.1) is 13.0 Å². The molecule has 1 saturated carbocycles. The van der Waals surface area contributed by atoms with Gasteiger partial charge in [0.25, 0.3) is 0 Å². The first kappa shape index (κ1) is 11.7. The second-order valence-corrected chi connectivity index (χ2v) is 3.13. The Labute approximate surface area is 79.1 Å². The SMILES string of the molecule is COC(=O)C1CC(CCN)C1.Cl. The number of hydrogen-bond acceptors (Lipinski definition) is 3. The molecule has 0 aliphatic heterocycles. The molecule has 0 radical (unpaired) electrons. The predicted molar refractivity (Wildman–Crippen MR) is 49.1 cm³/mol. The molecule has 1 aliphatic carbocycles. The van der Waals surface area contributed by atoms with Crippen LogP contribution in [0.15, 0.2) is 0 Å². The Morgan fingerprint density at radius 3 is 2.58 bits per heavy atom. The Balaban J connectivity index is 0.00000121. The number of rotatable bonds is 3. The second kappa shape index (κ2) is 5.38. The van der Waals surface area contributed by atoms with Crippen molar-refractivity contribution in [2.24, 2.45) is 17.6 Å². The predicted octanol–water partition coefficient (Wildman–Crippen LogP) is 0.956. The number of ether oxygens (including phenoxy) is 1. The molecule has 0 atom stereocenters. The first-order chi connectivity index (χ1) is 5.27. The molecule has 0 heterocycles. The van der Waals surface area contributed by atoms with E-state index in [2.05, 4.69) is 4.74 Å². The molecule has 0 unspecified atom stereocenters. The summed E-state index contributed by atoms with van der Waals surface area (Å²) in [5, 5.41) is 0. The van der Waals surface area contributed by atoms with Crippen LogP contribution in [-0.4, -0.2) is 19.6 Å². The van der Waals surface area contributed by atoms with Crippen LogP contribution in [0.5, 0.6) is 0 Å². The van der Waals surface area contributed by atoms with Crippen molar-refractivity contribution in [2.75, 3.05) is 13.7 Å². The van der Waals surface area contributed by atoms with Crippen LogP contribution in [0.2, 0.25) is 0 Å². The number of methoxy groups -OCH3 is 1. The fourth-order valence-electron chi connectivity index (χ4n) is 1.57. The fraction of sp³-hybridized carbons (Fsp3) is 0.875. The Morgan fingerprint density at radius 1 is 1.58 bits per heavy atom. The summed E-state index contributed by atoms with van der Waals surface area (Å²) in [5.74, 6) is 0.777. The van der Waals surface area contributed by atoms with E-state index in [1.54, 1.807) is 0 Å². The van der Waals surface area contributed by atoms with Gasteiger partial charge in [-0.15, -0.1) is 12.4 Å². The highest BCUT2D eigenvalue weighted by molar-refractivity contribution is 5.85. The molecule has 0 spiro atoms. The van der Waals surface area contributed by atoms with Crippen molar-refractivity contribution in [1.82, 2.24) is 0 Å². The van der Waals surface area contributed by atoms with Gasteiger partial charge < -0.3 is 10.5 Å². The maximum atomic E-state index is 10.9. The molecule has 1 fully saturated rings. The largest absolute Gasteiger partial charge is 0.469 e. The Morgan fingerprint density at radius 2 is 2.17 bits per heavy atom. The highest BCUT2D eigenvalue weighted by Crippen LogP contribution is 2.36. The van der Waals surface area contributed by atoms with Gasteiger partial charge in [-0.05, 0) is 31.7 Å². The average molecular weight is 194 g/mol. The monoisotopic (exact) mass is 193 g/mol. The molecule has 12 heavy (non-hydrogen) atoms. The number of nitrogens with two attached hydrogens (primary N) is 1. The van der Waals surface area contributed by atoms with Crippen LogP contribution in [-0.2, 0) is 9.53 Å². The summed E-state index contributed by atoms with van der Waals surface area (Å²) in [6.45, 7) is 0.735. The summed E-state index contributed by atoms with van der Waals surface area (Å²) in [6.07, 6.45) is 3.00. The minimum absolute atomic E-state index is 0. The molecule has 4 heteroatoms. The molecule has 3 nitrogen and oxygen atoms in total. The van der Waals surface area contributed by atoms with Gasteiger partial charge in [0, 0.05) is 0 Å². The van der Waals surface area contributed by atoms with Crippen LogP contribution in [0.4, 0.5) is 0 Å². The number of carbonyl (C=O) groups is 1. The number of esters is 1. The third-order valence-electron chi connectivity index (χ3n) is 2.35. The molecule has 72 valence electrons. The highest BCUT2D eigenvalue weighted by Gasteiger charge is 2.34. The topological polar surface area (TPSA) is 52.3 Å². The molecular formula is C8H16ClNO2. The minimum Gasteiger partial charge on any atom is -0.469 e. The zero-order valence-corrected chi connectivity index (χ0v) is 8.10. The molecule has 0 aromatic rings. The molecule has 0 amide bonds. The van der Waals surface area contributed by atoms with Crippen molar-refractivity contribution in [3.63, 3.8) is 0 Å². The summed E-state index contributed by atoms with van der Waals surface area (Å²) in [6, 6.07) is 0. The van der Waals surface area contributed by atoms with Gasteiger partial charge >= 0.3 is 5.97 Å². The van der Waals surface area contributed by atoms with Crippen LogP contribution in [0.25, 0.3) is 0 Å². The van der Waals surface area contributed by atoms with E-state index in [1.165, 1.54) is 7.11 Å². The smallest absolute Gasteiger partial charge is 0.308 e. The molecule has 0 saturated heterocycles. The first-order valence-electron chi connectivity index (χ1n) is 4.05. The van der Waals surface area contributed by atoms with Gasteiger partial charge in [0.1, 0.15) is 0 Å². The standard InChI is InChI=1S/C8H15NO2.ClH/c1-11-8(10)7-4-6(5-7)2-3-9;/h6-7H,2-5,9H2,1H3;1H. The van der Waals surface area contributed by atoms with Crippen LogP contribution in [0, 0.1) is 11.8 Å². The number of carbonyl (C=O) groups excluding carboxylic acids is 1. The molecule has 1 aliphatic rings. The maximum absolute atomic E-state index is 10.9. The van der Waals surface area contributed by atoms with Crippen molar-refractivity contribution in [2.45, 2.75) is 19.3 Å². The van der Waals surface area contributed by atoms with Gasteiger partial charge in [0.15, 0.2) is 0 Å². The van der Waals surface area contributed by atoms with E-state index >= 15 is 0 Å². The molecular weight excluding hydrogens is 178 g/mol. The summed E-state index contributed by atoms with van der Waals surface area (Å²) in [5.41, 5.74) is 5.38. The lowest BCUT2D eigenvalue weighted by Crippen LogP contribution is -2.32. The van der Waals surface area contributed by atoms with Crippen molar-refractivity contribution < 1.29 is 9.53 Å². The number of hydrogen-bond donors (Lipinski definition) is 1. The van der Waals surface area contributed by atoms with Crippen LogP contribution >= 0.6 is 12.4 Å². The second-order valence-electron chi connectivity index (χ2n) is 3.13. The van der Waals surface area contributed by atoms with Crippen LogP contribution < -0.4 is 5.73 Å². The van der Waals surface area contributed by atoms with E-state index in [-0.39, 0.29) is 24.3 Å². The van der Waals surface area contributed by atoms with Crippen molar-refractivity contribution in [3.05, 3.63) is 0 Å². The van der Waals surface area contributed by atoms with Gasteiger partial charge in [-0.2, -0.15) is 0 Å². The lowest BCUT2D eigenvalue weighted by atomic mass is 9.73. The third kappa shape index (κ3) is 2.64. The molecule has 1 rings (SSSR count). The van der Waals surface area contributed by atoms with E-state index < -0.39 is 0 Å². The lowest BCUT2D eigenvalue weighted by Gasteiger charge is -2.32. The van der Waals surface area contributed by atoms with Crippen molar-refractivity contribution in [3.8, 4) is 0 Å². The molecule has 0 bridgehead atoms. The summed E-state index contributed by atoms with van der Waals surface area (Å²) >= 11 is 0. The summed E-state index contributed by atoms with van der Waals surface area (Å²) in [4.78, 5) is 10.9. The summed E-state index contributed by atoms with van der Waals surface area (Å²) < 4.78 is 4.61. The zero-order valence-electron chi connectivity index (χ0n) is 7.29. The van der Waals surface area contributed by atoms with Crippen molar-refractivity contribution in [1.29, 1.82) is 0 Å². The van der Waals surface area contributed by atoms with Gasteiger partial charge in [-0.1, -0.05) is 0 Å². The first-order valence-corrected chi connectivity index (χ1v) is 4.05. The van der Waals surface area contributed by atoms with Crippen molar-refractivity contribution >= 4 is 18.4 Å². The lowest BCUT2D eigenvalue weighted by molar-refractivity contribution is -0.150. The normalized spacial score (nSPS) is 26.8. The van der Waals surface area contributed by atoms with Gasteiger partial charge in [-0.3, -0.25) is 4.79 Å². The fourth-order valence-corrected chi connectivity index (χ4v) is 1.57. The van der Waals surface area contributed by atoms with E-state index in [0.717, 1.165) is 25.8 Å². The van der Waals surface area contributed by atoms with E-state index in [1.807, 2.05) is 0 Å². The molecule has 0 aromatic carbocycles. The number of halogens is 1. The Kier molecular flexibility index (Phi) is 5.25. The Hall–Kier alpha value is -0.280. The molecule has 0 aromatic heterocycles. The average Bonchev–Trinajstić information content (AvgIpc) is 1.94. The highest BCUT2D eigenvalue weighted by atomic mass is 35.5. The van der Waals surface area contributed by atoms with Gasteiger partial charge in [0.2, 0.25) is 0 Å². The van der Waals surface area contributed by atoms with Crippen LogP contribution in [0.3, 0.4) is 0 Å². The summed E-state index contributed by atoms with van der Waals surface area (Å²) in [7, 11) is 1.44. The zero-order chi connectivity index (χ0) is 8.27. The minimum atomic E-state index is -0.0572. The van der Waals surface area contributed by atoms with E-state index in [0.29, 0.717) is 5.92 Å². The van der Waals surface area contributed by atoms with E-state index in [4.69, 9.17) is 5.73 Å².